The molecule has 0 radical (unpaired) electrons. The summed E-state index contributed by atoms with van der Waals surface area (Å²) in [6.07, 6.45) is 6.40. The quantitative estimate of drug-likeness (QED) is 0.821. The van der Waals surface area contributed by atoms with Gasteiger partial charge >= 0.3 is 0 Å². The van der Waals surface area contributed by atoms with Crippen molar-refractivity contribution in [3.8, 4) is 0 Å². The Morgan fingerprint density at radius 3 is 2.56 bits per heavy atom. The Balaban J connectivity index is 2.05. The lowest BCUT2D eigenvalue weighted by Gasteiger charge is -2.32. The zero-order chi connectivity index (χ0) is 11.5. The average Bonchev–Trinajstić information content (AvgIpc) is 3.14. The first-order valence-corrected chi connectivity index (χ1v) is 6.06. The van der Waals surface area contributed by atoms with Crippen LogP contribution in [0.5, 0.6) is 0 Å². The molecule has 3 nitrogen and oxygen atoms in total. The number of likely N-dealkylation sites (N-methyl/N-ethyl adjacent to an activating group) is 1. The van der Waals surface area contributed by atoms with E-state index in [2.05, 4.69) is 36.0 Å². The number of nitrogens with two attached hydrogens (primary N) is 1. The molecular formula is C13H21N3. The largest absolute Gasteiger partial charge is 0.329 e. The van der Waals surface area contributed by atoms with Crippen LogP contribution in [0.3, 0.4) is 0 Å². The Labute approximate surface area is 97.7 Å². The fraction of sp³-hybridized carbons (Fsp3) is 0.615. The highest BCUT2D eigenvalue weighted by atomic mass is 15.2. The Hall–Kier alpha value is -0.930. The van der Waals surface area contributed by atoms with Gasteiger partial charge in [0.15, 0.2) is 0 Å². The summed E-state index contributed by atoms with van der Waals surface area (Å²) in [5.41, 5.74) is 7.19. The first kappa shape index (κ1) is 11.6. The molecule has 2 unspecified atom stereocenters. The van der Waals surface area contributed by atoms with E-state index >= 15 is 0 Å². The molecule has 2 rings (SSSR count). The van der Waals surface area contributed by atoms with Crippen molar-refractivity contribution in [2.75, 3.05) is 13.6 Å². The predicted molar refractivity (Wildman–Crippen MR) is 66.0 cm³/mol. The van der Waals surface area contributed by atoms with Gasteiger partial charge < -0.3 is 5.73 Å². The summed E-state index contributed by atoms with van der Waals surface area (Å²) in [5, 5.41) is 0. The van der Waals surface area contributed by atoms with Crippen LogP contribution in [0.2, 0.25) is 0 Å². The fourth-order valence-electron chi connectivity index (χ4n) is 2.34. The van der Waals surface area contributed by atoms with Gasteiger partial charge in [-0.1, -0.05) is 0 Å². The van der Waals surface area contributed by atoms with Gasteiger partial charge in [0.1, 0.15) is 0 Å². The average molecular weight is 219 g/mol. The van der Waals surface area contributed by atoms with E-state index in [0.717, 1.165) is 12.5 Å². The van der Waals surface area contributed by atoms with Gasteiger partial charge in [0.25, 0.3) is 0 Å². The molecule has 0 aromatic carbocycles. The molecule has 1 heterocycles. The molecule has 0 spiro atoms. The van der Waals surface area contributed by atoms with Crippen molar-refractivity contribution in [2.45, 2.75) is 31.8 Å². The van der Waals surface area contributed by atoms with E-state index < -0.39 is 0 Å². The molecule has 1 aliphatic carbocycles. The maximum Gasteiger partial charge on any atom is 0.0321 e. The molecule has 0 aliphatic heterocycles. The first-order valence-electron chi connectivity index (χ1n) is 6.06. The van der Waals surface area contributed by atoms with Crippen LogP contribution in [0, 0.1) is 5.92 Å². The minimum Gasteiger partial charge on any atom is -0.329 e. The van der Waals surface area contributed by atoms with Crippen molar-refractivity contribution >= 4 is 0 Å². The van der Waals surface area contributed by atoms with Gasteiger partial charge in [-0.05, 0) is 50.4 Å². The van der Waals surface area contributed by atoms with E-state index in [4.69, 9.17) is 5.73 Å². The van der Waals surface area contributed by atoms with E-state index in [1.165, 1.54) is 18.4 Å². The van der Waals surface area contributed by atoms with Gasteiger partial charge in [0.05, 0.1) is 0 Å². The van der Waals surface area contributed by atoms with E-state index in [1.807, 2.05) is 12.4 Å². The third-order valence-electron chi connectivity index (χ3n) is 3.73. The van der Waals surface area contributed by atoms with Gasteiger partial charge in [-0.3, -0.25) is 9.88 Å². The van der Waals surface area contributed by atoms with Crippen molar-refractivity contribution in [1.82, 2.24) is 9.88 Å². The van der Waals surface area contributed by atoms with Crippen LogP contribution < -0.4 is 5.73 Å². The topological polar surface area (TPSA) is 42.2 Å². The second kappa shape index (κ2) is 4.93. The summed E-state index contributed by atoms with van der Waals surface area (Å²) in [4.78, 5) is 6.47. The lowest BCUT2D eigenvalue weighted by molar-refractivity contribution is 0.170. The summed E-state index contributed by atoms with van der Waals surface area (Å²) in [7, 11) is 2.18. The predicted octanol–water partition coefficient (Wildman–Crippen LogP) is 1.81. The molecule has 2 atom stereocenters. The number of nitrogens with zero attached hydrogens (tertiary/aromatic N) is 2. The monoisotopic (exact) mass is 219 g/mol. The molecule has 1 aliphatic rings. The Kier molecular flexibility index (Phi) is 3.56. The van der Waals surface area contributed by atoms with E-state index in [9.17, 15) is 0 Å². The number of aromatic nitrogens is 1. The Morgan fingerprint density at radius 1 is 1.44 bits per heavy atom. The number of rotatable bonds is 5. The smallest absolute Gasteiger partial charge is 0.0321 e. The second-order valence-corrected chi connectivity index (χ2v) is 4.76. The summed E-state index contributed by atoms with van der Waals surface area (Å²) in [6, 6.07) is 5.11. The molecule has 1 fully saturated rings. The highest BCUT2D eigenvalue weighted by Gasteiger charge is 2.34. The van der Waals surface area contributed by atoms with Gasteiger partial charge in [-0.25, -0.2) is 0 Å². The second-order valence-electron chi connectivity index (χ2n) is 4.76. The summed E-state index contributed by atoms with van der Waals surface area (Å²) >= 11 is 0. The molecule has 88 valence electrons. The minimum atomic E-state index is 0.414. The van der Waals surface area contributed by atoms with Crippen molar-refractivity contribution < 1.29 is 0 Å². The third kappa shape index (κ3) is 2.42. The zero-order valence-corrected chi connectivity index (χ0v) is 10.1. The molecule has 0 amide bonds. The van der Waals surface area contributed by atoms with Crippen molar-refractivity contribution in [3.05, 3.63) is 30.1 Å². The van der Waals surface area contributed by atoms with Gasteiger partial charge in [-0.2, -0.15) is 0 Å². The molecule has 0 bridgehead atoms. The summed E-state index contributed by atoms with van der Waals surface area (Å²) in [5.74, 6) is 0.819. The molecular weight excluding hydrogens is 198 g/mol. The van der Waals surface area contributed by atoms with Crippen molar-refractivity contribution in [1.29, 1.82) is 0 Å². The molecule has 1 saturated carbocycles. The highest BCUT2D eigenvalue weighted by molar-refractivity contribution is 5.14. The lowest BCUT2D eigenvalue weighted by Crippen LogP contribution is -2.41. The van der Waals surface area contributed by atoms with E-state index in [-0.39, 0.29) is 0 Å². The molecule has 2 N–H and O–H groups in total. The van der Waals surface area contributed by atoms with Gasteiger partial charge in [-0.15, -0.1) is 0 Å². The van der Waals surface area contributed by atoms with Gasteiger partial charge in [0, 0.05) is 31.0 Å². The minimum absolute atomic E-state index is 0.414. The van der Waals surface area contributed by atoms with Crippen LogP contribution in [0.15, 0.2) is 24.5 Å². The fourth-order valence-corrected chi connectivity index (χ4v) is 2.34. The van der Waals surface area contributed by atoms with Crippen LogP contribution in [-0.4, -0.2) is 29.5 Å². The molecule has 3 heteroatoms. The Bertz CT molecular complexity index is 321. The van der Waals surface area contributed by atoms with E-state index in [0.29, 0.717) is 12.1 Å². The van der Waals surface area contributed by atoms with Crippen molar-refractivity contribution in [3.63, 3.8) is 0 Å². The van der Waals surface area contributed by atoms with Crippen LogP contribution in [-0.2, 0) is 0 Å². The SMILES string of the molecule is CC(c1ccncc1)N(C)C(CN)C1CC1. The van der Waals surface area contributed by atoms with Crippen LogP contribution >= 0.6 is 0 Å². The lowest BCUT2D eigenvalue weighted by atomic mass is 10.0. The van der Waals surface area contributed by atoms with Crippen LogP contribution in [0.1, 0.15) is 31.4 Å². The number of hydrogen-bond acceptors (Lipinski definition) is 3. The van der Waals surface area contributed by atoms with Crippen LogP contribution in [0.25, 0.3) is 0 Å². The molecule has 1 aromatic heterocycles. The number of pyridine rings is 1. The maximum atomic E-state index is 5.88. The number of hydrogen-bond donors (Lipinski definition) is 1. The summed E-state index contributed by atoms with van der Waals surface area (Å²) in [6.45, 7) is 3.00. The molecule has 0 saturated heterocycles. The standard InChI is InChI=1S/C13H21N3/c1-10(11-5-7-15-8-6-11)16(2)13(9-14)12-3-4-12/h5-8,10,12-13H,3-4,9,14H2,1-2H3. The van der Waals surface area contributed by atoms with Crippen molar-refractivity contribution in [2.24, 2.45) is 11.7 Å². The summed E-state index contributed by atoms with van der Waals surface area (Å²) < 4.78 is 0. The van der Waals surface area contributed by atoms with E-state index in [1.54, 1.807) is 0 Å². The molecule has 16 heavy (non-hydrogen) atoms. The van der Waals surface area contributed by atoms with Gasteiger partial charge in [0.2, 0.25) is 0 Å². The highest BCUT2D eigenvalue weighted by Crippen LogP contribution is 2.37. The first-order chi connectivity index (χ1) is 7.74. The maximum absolute atomic E-state index is 5.88. The third-order valence-corrected chi connectivity index (χ3v) is 3.73. The normalized spacial score (nSPS) is 19.8. The molecule has 1 aromatic rings. The zero-order valence-electron chi connectivity index (χ0n) is 10.1. The Morgan fingerprint density at radius 2 is 2.06 bits per heavy atom. The van der Waals surface area contributed by atoms with Crippen LogP contribution in [0.4, 0.5) is 0 Å².